The van der Waals surface area contributed by atoms with Gasteiger partial charge in [-0.3, -0.25) is 9.59 Å². The molecule has 2 atom stereocenters. The normalized spacial score (nSPS) is 18.6. The average Bonchev–Trinajstić information content (AvgIpc) is 2.87. The molecule has 1 N–H and O–H groups in total. The predicted molar refractivity (Wildman–Crippen MR) is 139 cm³/mol. The molecular formula is C28H31ClN2O4. The first kappa shape index (κ1) is 25.2. The summed E-state index contributed by atoms with van der Waals surface area (Å²) >= 11 is 6.45. The SMILES string of the molecule is CN(C)CC(C)(C)CN1C(=O)[C@H](CC(=O)O)O[C@@H](c2cccc3ccccc23)c2cc(Cl)ccc21. The van der Waals surface area contributed by atoms with Crippen molar-refractivity contribution in [3.63, 3.8) is 0 Å². The van der Waals surface area contributed by atoms with Crippen molar-refractivity contribution >= 4 is 39.9 Å². The first-order chi connectivity index (χ1) is 16.6. The van der Waals surface area contributed by atoms with Gasteiger partial charge in [0.2, 0.25) is 0 Å². The molecular weight excluding hydrogens is 464 g/mol. The number of carbonyl (C=O) groups is 2. The van der Waals surface area contributed by atoms with E-state index in [1.807, 2.05) is 68.7 Å². The Morgan fingerprint density at radius 1 is 1.09 bits per heavy atom. The molecule has 0 aliphatic carbocycles. The Morgan fingerprint density at radius 2 is 1.80 bits per heavy atom. The minimum Gasteiger partial charge on any atom is -0.481 e. The summed E-state index contributed by atoms with van der Waals surface area (Å²) in [5.41, 5.74) is 2.04. The van der Waals surface area contributed by atoms with Gasteiger partial charge in [-0.15, -0.1) is 0 Å². The number of halogens is 1. The van der Waals surface area contributed by atoms with Gasteiger partial charge in [-0.1, -0.05) is 67.9 Å². The lowest BCUT2D eigenvalue weighted by molar-refractivity contribution is -0.147. The Bertz CT molecular complexity index is 1250. The van der Waals surface area contributed by atoms with Gasteiger partial charge in [0.05, 0.1) is 6.42 Å². The molecule has 0 saturated heterocycles. The van der Waals surface area contributed by atoms with Crippen LogP contribution in [0.1, 0.15) is 37.5 Å². The van der Waals surface area contributed by atoms with Crippen LogP contribution in [-0.2, 0) is 14.3 Å². The Hall–Kier alpha value is -2.93. The molecule has 3 aromatic rings. The molecule has 0 spiro atoms. The van der Waals surface area contributed by atoms with Gasteiger partial charge < -0.3 is 19.6 Å². The molecule has 1 amide bonds. The van der Waals surface area contributed by atoms with Crippen LogP contribution in [-0.4, -0.2) is 55.2 Å². The zero-order valence-corrected chi connectivity index (χ0v) is 21.2. The highest BCUT2D eigenvalue weighted by Crippen LogP contribution is 2.42. The van der Waals surface area contributed by atoms with Gasteiger partial charge in [0.25, 0.3) is 5.91 Å². The number of rotatable bonds is 7. The van der Waals surface area contributed by atoms with E-state index in [0.717, 1.165) is 28.4 Å². The van der Waals surface area contributed by atoms with Crippen molar-refractivity contribution in [3.8, 4) is 0 Å². The molecule has 0 aromatic heterocycles. The minimum absolute atomic E-state index is 0.261. The molecule has 0 bridgehead atoms. The van der Waals surface area contributed by atoms with E-state index in [-0.39, 0.29) is 11.3 Å². The third-order valence-electron chi connectivity index (χ3n) is 6.20. The number of hydrogen-bond acceptors (Lipinski definition) is 4. The molecule has 3 aromatic carbocycles. The molecule has 1 aliphatic heterocycles. The van der Waals surface area contributed by atoms with Crippen molar-refractivity contribution < 1.29 is 19.4 Å². The lowest BCUT2D eigenvalue weighted by Crippen LogP contribution is -2.47. The largest absolute Gasteiger partial charge is 0.481 e. The number of aliphatic carboxylic acids is 1. The number of carbonyl (C=O) groups excluding carboxylic acids is 1. The van der Waals surface area contributed by atoms with Crippen LogP contribution in [0.5, 0.6) is 0 Å². The Kier molecular flexibility index (Phi) is 7.17. The topological polar surface area (TPSA) is 70.1 Å². The van der Waals surface area contributed by atoms with Gasteiger partial charge in [0.1, 0.15) is 12.2 Å². The number of amides is 1. The second-order valence-corrected chi connectivity index (χ2v) is 10.6. The summed E-state index contributed by atoms with van der Waals surface area (Å²) in [6, 6.07) is 19.3. The van der Waals surface area contributed by atoms with Crippen molar-refractivity contribution in [1.82, 2.24) is 4.90 Å². The molecule has 1 heterocycles. The Labute approximate surface area is 211 Å². The first-order valence-corrected chi connectivity index (χ1v) is 12.0. The van der Waals surface area contributed by atoms with Gasteiger partial charge in [0.15, 0.2) is 0 Å². The monoisotopic (exact) mass is 494 g/mol. The van der Waals surface area contributed by atoms with Gasteiger partial charge in [-0.2, -0.15) is 0 Å². The van der Waals surface area contributed by atoms with Crippen molar-refractivity contribution in [2.75, 3.05) is 32.1 Å². The summed E-state index contributed by atoms with van der Waals surface area (Å²) in [5, 5.41) is 12.2. The number of anilines is 1. The summed E-state index contributed by atoms with van der Waals surface area (Å²) in [6.45, 7) is 5.34. The maximum atomic E-state index is 13.8. The summed E-state index contributed by atoms with van der Waals surface area (Å²) in [5.74, 6) is -1.44. The standard InChI is InChI=1S/C28H31ClN2O4/c1-28(2,16-30(3)4)17-31-23-13-12-19(29)14-22(23)26(35-24(27(31)34)15-25(32)33)21-11-7-9-18-8-5-6-10-20(18)21/h5-14,24,26H,15-17H2,1-4H3,(H,32,33)/t24-,26-/m0/s1. The average molecular weight is 495 g/mol. The maximum absolute atomic E-state index is 13.8. The van der Waals surface area contributed by atoms with E-state index >= 15 is 0 Å². The summed E-state index contributed by atoms with van der Waals surface area (Å²) in [7, 11) is 3.99. The molecule has 0 unspecified atom stereocenters. The minimum atomic E-state index is -1.14. The molecule has 1 aliphatic rings. The fourth-order valence-corrected chi connectivity index (χ4v) is 5.26. The second-order valence-electron chi connectivity index (χ2n) is 10.2. The van der Waals surface area contributed by atoms with Gasteiger partial charge in [0, 0.05) is 29.4 Å². The van der Waals surface area contributed by atoms with E-state index in [4.69, 9.17) is 16.3 Å². The van der Waals surface area contributed by atoms with Crippen LogP contribution in [0.4, 0.5) is 5.69 Å². The van der Waals surface area contributed by atoms with Crippen molar-refractivity contribution in [3.05, 3.63) is 76.8 Å². The lowest BCUT2D eigenvalue weighted by Gasteiger charge is -2.35. The molecule has 0 fully saturated rings. The summed E-state index contributed by atoms with van der Waals surface area (Å²) < 4.78 is 6.39. The van der Waals surface area contributed by atoms with Crippen molar-refractivity contribution in [2.24, 2.45) is 5.41 Å². The van der Waals surface area contributed by atoms with Gasteiger partial charge >= 0.3 is 5.97 Å². The number of nitrogens with zero attached hydrogens (tertiary/aromatic N) is 2. The Balaban J connectivity index is 1.91. The van der Waals surface area contributed by atoms with Gasteiger partial charge in [-0.25, -0.2) is 0 Å². The number of hydrogen-bond donors (Lipinski definition) is 1. The smallest absolute Gasteiger partial charge is 0.306 e. The zero-order valence-electron chi connectivity index (χ0n) is 20.5. The van der Waals surface area contributed by atoms with Crippen molar-refractivity contribution in [2.45, 2.75) is 32.5 Å². The highest BCUT2D eigenvalue weighted by Gasteiger charge is 2.40. The van der Waals surface area contributed by atoms with E-state index in [0.29, 0.717) is 17.3 Å². The van der Waals surface area contributed by atoms with Crippen molar-refractivity contribution in [1.29, 1.82) is 0 Å². The van der Waals surface area contributed by atoms with Crippen LogP contribution in [0.25, 0.3) is 10.8 Å². The predicted octanol–water partition coefficient (Wildman–Crippen LogP) is 5.38. The first-order valence-electron chi connectivity index (χ1n) is 11.7. The highest BCUT2D eigenvalue weighted by molar-refractivity contribution is 6.30. The van der Waals surface area contributed by atoms with Crippen LogP contribution in [0, 0.1) is 5.41 Å². The Morgan fingerprint density at radius 3 is 2.51 bits per heavy atom. The number of carboxylic acids is 1. The molecule has 184 valence electrons. The zero-order chi connectivity index (χ0) is 25.3. The van der Waals surface area contributed by atoms with Crippen LogP contribution in [0.3, 0.4) is 0 Å². The van der Waals surface area contributed by atoms with Gasteiger partial charge in [-0.05, 0) is 54.0 Å². The second kappa shape index (κ2) is 9.97. The lowest BCUT2D eigenvalue weighted by atomic mass is 9.90. The molecule has 4 rings (SSSR count). The van der Waals surface area contributed by atoms with E-state index in [2.05, 4.69) is 18.7 Å². The molecule has 0 radical (unpaired) electrons. The quantitative estimate of drug-likeness (QED) is 0.477. The van der Waals surface area contributed by atoms with Crippen LogP contribution in [0.2, 0.25) is 5.02 Å². The summed E-state index contributed by atoms with van der Waals surface area (Å²) in [6.07, 6.45) is -2.23. The van der Waals surface area contributed by atoms with E-state index in [1.165, 1.54) is 0 Å². The van der Waals surface area contributed by atoms with Crippen LogP contribution in [0.15, 0.2) is 60.7 Å². The number of ether oxygens (including phenoxy) is 1. The third-order valence-corrected chi connectivity index (χ3v) is 6.44. The van der Waals surface area contributed by atoms with Crippen LogP contribution < -0.4 is 4.90 Å². The third kappa shape index (κ3) is 5.50. The molecule has 35 heavy (non-hydrogen) atoms. The number of carboxylic acid groups (broad SMARTS) is 1. The van der Waals surface area contributed by atoms with E-state index < -0.39 is 24.6 Å². The number of benzene rings is 3. The van der Waals surface area contributed by atoms with E-state index in [1.54, 1.807) is 11.0 Å². The summed E-state index contributed by atoms with van der Waals surface area (Å²) in [4.78, 5) is 29.4. The molecule has 7 heteroatoms. The fourth-order valence-electron chi connectivity index (χ4n) is 5.08. The fraction of sp³-hybridized carbons (Fsp3) is 0.357. The van der Waals surface area contributed by atoms with E-state index in [9.17, 15) is 14.7 Å². The molecule has 0 saturated carbocycles. The maximum Gasteiger partial charge on any atom is 0.306 e. The highest BCUT2D eigenvalue weighted by atomic mass is 35.5. The molecule has 6 nitrogen and oxygen atoms in total. The number of fused-ring (bicyclic) bond motifs is 2. The van der Waals surface area contributed by atoms with Crippen LogP contribution >= 0.6 is 11.6 Å².